The van der Waals surface area contributed by atoms with E-state index in [1.807, 2.05) is 30.3 Å². The Balaban J connectivity index is 2.25. The number of amides is 1. The van der Waals surface area contributed by atoms with Crippen LogP contribution in [0.25, 0.3) is 6.08 Å². The summed E-state index contributed by atoms with van der Waals surface area (Å²) in [5.41, 5.74) is 3.51. The Kier molecular flexibility index (Phi) is 9.42. The van der Waals surface area contributed by atoms with Gasteiger partial charge in [0.05, 0.1) is 7.11 Å². The quantitative estimate of drug-likeness (QED) is 0.400. The Hall–Kier alpha value is -2.10. The second-order valence-corrected chi connectivity index (χ2v) is 5.08. The highest BCUT2D eigenvalue weighted by Crippen LogP contribution is 2.18. The van der Waals surface area contributed by atoms with Crippen LogP contribution in [-0.2, 0) is 4.79 Å². The van der Waals surface area contributed by atoms with Crippen molar-refractivity contribution in [1.82, 2.24) is 5.43 Å². The molecule has 0 atom stereocenters. The summed E-state index contributed by atoms with van der Waals surface area (Å²) in [5, 5.41) is 3.90. The Labute approximate surface area is 133 Å². The number of hydrogen-bond acceptors (Lipinski definition) is 3. The van der Waals surface area contributed by atoms with Crippen molar-refractivity contribution in [3.05, 3.63) is 35.9 Å². The molecule has 1 N–H and O–H groups in total. The average molecular weight is 302 g/mol. The summed E-state index contributed by atoms with van der Waals surface area (Å²) in [6.45, 7) is 2.18. The van der Waals surface area contributed by atoms with Crippen LogP contribution in [0.1, 0.15) is 51.0 Å². The molecule has 0 spiro atoms. The van der Waals surface area contributed by atoms with Gasteiger partial charge in [-0.05, 0) is 24.6 Å². The van der Waals surface area contributed by atoms with Crippen molar-refractivity contribution in [2.24, 2.45) is 5.10 Å². The Bertz CT molecular complexity index is 496. The van der Waals surface area contributed by atoms with Gasteiger partial charge in [-0.1, -0.05) is 50.8 Å². The number of allylic oxidation sites excluding steroid dienone is 1. The largest absolute Gasteiger partial charge is 0.496 e. The fraction of sp³-hybridized carbons (Fsp3) is 0.444. The maximum atomic E-state index is 11.5. The van der Waals surface area contributed by atoms with Crippen molar-refractivity contribution in [3.63, 3.8) is 0 Å². The summed E-state index contributed by atoms with van der Waals surface area (Å²) in [4.78, 5) is 11.5. The molecule has 4 heteroatoms. The highest BCUT2D eigenvalue weighted by molar-refractivity contribution is 5.81. The number of methoxy groups -OCH3 is 1. The van der Waals surface area contributed by atoms with Crippen LogP contribution in [0.2, 0.25) is 0 Å². The Morgan fingerprint density at radius 1 is 1.23 bits per heavy atom. The van der Waals surface area contributed by atoms with Gasteiger partial charge in [0.2, 0.25) is 5.91 Å². The number of hydrazone groups is 1. The highest BCUT2D eigenvalue weighted by Gasteiger charge is 1.98. The van der Waals surface area contributed by atoms with Gasteiger partial charge < -0.3 is 4.74 Å². The van der Waals surface area contributed by atoms with Crippen molar-refractivity contribution in [1.29, 1.82) is 0 Å². The number of benzene rings is 1. The van der Waals surface area contributed by atoms with Gasteiger partial charge in [-0.2, -0.15) is 5.10 Å². The van der Waals surface area contributed by atoms with Gasteiger partial charge in [0.1, 0.15) is 5.75 Å². The van der Waals surface area contributed by atoms with Crippen molar-refractivity contribution in [3.8, 4) is 5.75 Å². The van der Waals surface area contributed by atoms with Crippen LogP contribution in [0.5, 0.6) is 5.75 Å². The lowest BCUT2D eigenvalue weighted by Crippen LogP contribution is -2.16. The van der Waals surface area contributed by atoms with Gasteiger partial charge >= 0.3 is 0 Å². The van der Waals surface area contributed by atoms with E-state index in [2.05, 4.69) is 17.5 Å². The smallest absolute Gasteiger partial charge is 0.240 e. The van der Waals surface area contributed by atoms with Crippen molar-refractivity contribution in [2.75, 3.05) is 7.11 Å². The predicted molar refractivity (Wildman–Crippen MR) is 92.0 cm³/mol. The SMILES string of the molecule is CCCCCCCC(=O)N/N=C\C=C\c1ccccc1OC. The zero-order valence-corrected chi connectivity index (χ0v) is 13.5. The van der Waals surface area contributed by atoms with Crippen LogP contribution in [0.4, 0.5) is 0 Å². The first-order valence-corrected chi connectivity index (χ1v) is 7.89. The summed E-state index contributed by atoms with van der Waals surface area (Å²) >= 11 is 0. The first-order chi connectivity index (χ1) is 10.8. The van der Waals surface area contributed by atoms with E-state index < -0.39 is 0 Å². The van der Waals surface area contributed by atoms with E-state index in [0.29, 0.717) is 6.42 Å². The van der Waals surface area contributed by atoms with Crippen molar-refractivity contribution in [2.45, 2.75) is 45.4 Å². The van der Waals surface area contributed by atoms with Crippen LogP contribution in [0, 0.1) is 0 Å². The van der Waals surface area contributed by atoms with Crippen LogP contribution < -0.4 is 10.2 Å². The molecule has 0 aromatic heterocycles. The second kappa shape index (κ2) is 11.5. The minimum absolute atomic E-state index is 0.0292. The molecular formula is C18H26N2O2. The van der Waals surface area contributed by atoms with E-state index in [9.17, 15) is 4.79 Å². The number of para-hydroxylation sites is 1. The molecule has 0 saturated carbocycles. The van der Waals surface area contributed by atoms with Gasteiger partial charge in [-0.15, -0.1) is 0 Å². The number of nitrogens with one attached hydrogen (secondary N) is 1. The first kappa shape index (κ1) is 18.0. The minimum Gasteiger partial charge on any atom is -0.496 e. The van der Waals surface area contributed by atoms with E-state index >= 15 is 0 Å². The number of hydrogen-bond donors (Lipinski definition) is 1. The lowest BCUT2D eigenvalue weighted by atomic mass is 10.1. The van der Waals surface area contributed by atoms with Crippen molar-refractivity contribution < 1.29 is 9.53 Å². The second-order valence-electron chi connectivity index (χ2n) is 5.08. The third-order valence-corrected chi connectivity index (χ3v) is 3.27. The van der Waals surface area contributed by atoms with Gasteiger partial charge in [0.25, 0.3) is 0 Å². The number of ether oxygens (including phenoxy) is 1. The fourth-order valence-corrected chi connectivity index (χ4v) is 2.05. The molecule has 22 heavy (non-hydrogen) atoms. The summed E-state index contributed by atoms with van der Waals surface area (Å²) < 4.78 is 5.25. The topological polar surface area (TPSA) is 50.7 Å². The molecule has 0 heterocycles. The number of nitrogens with zero attached hydrogens (tertiary/aromatic N) is 1. The minimum atomic E-state index is -0.0292. The lowest BCUT2D eigenvalue weighted by molar-refractivity contribution is -0.121. The molecule has 0 unspecified atom stereocenters. The number of rotatable bonds is 10. The molecule has 0 aliphatic carbocycles. The Morgan fingerprint density at radius 2 is 2.00 bits per heavy atom. The van der Waals surface area contributed by atoms with Crippen molar-refractivity contribution >= 4 is 18.2 Å². The molecule has 1 aromatic rings. The predicted octanol–water partition coefficient (Wildman–Crippen LogP) is 4.17. The zero-order chi connectivity index (χ0) is 16.0. The van der Waals surface area contributed by atoms with Gasteiger partial charge in [0, 0.05) is 18.2 Å². The van der Waals surface area contributed by atoms with E-state index in [1.54, 1.807) is 19.4 Å². The average Bonchev–Trinajstić information content (AvgIpc) is 2.54. The molecule has 0 fully saturated rings. The zero-order valence-electron chi connectivity index (χ0n) is 13.5. The molecular weight excluding hydrogens is 276 g/mol. The molecule has 0 aliphatic rings. The molecule has 0 saturated heterocycles. The van der Waals surface area contributed by atoms with Gasteiger partial charge in [-0.25, -0.2) is 5.43 Å². The number of unbranched alkanes of at least 4 members (excludes halogenated alkanes) is 4. The summed E-state index contributed by atoms with van der Waals surface area (Å²) in [6, 6.07) is 7.72. The molecule has 1 amide bonds. The normalized spacial score (nSPS) is 11.2. The molecule has 0 bridgehead atoms. The number of carbonyl (C=O) groups is 1. The standard InChI is InChI=1S/C18H26N2O2/c1-3-4-5-6-7-14-18(21)20-19-15-10-12-16-11-8-9-13-17(16)22-2/h8-13,15H,3-7,14H2,1-2H3,(H,20,21)/b12-10+,19-15-. The van der Waals surface area contributed by atoms with Crippen LogP contribution in [-0.4, -0.2) is 19.2 Å². The molecule has 0 aliphatic heterocycles. The maximum Gasteiger partial charge on any atom is 0.240 e. The summed E-state index contributed by atoms with van der Waals surface area (Å²) in [7, 11) is 1.64. The van der Waals surface area contributed by atoms with E-state index in [0.717, 1.165) is 24.2 Å². The molecule has 1 rings (SSSR count). The maximum absolute atomic E-state index is 11.5. The molecule has 4 nitrogen and oxygen atoms in total. The molecule has 0 radical (unpaired) electrons. The van der Waals surface area contributed by atoms with E-state index in [1.165, 1.54) is 19.3 Å². The monoisotopic (exact) mass is 302 g/mol. The van der Waals surface area contributed by atoms with E-state index in [4.69, 9.17) is 4.74 Å². The Morgan fingerprint density at radius 3 is 2.77 bits per heavy atom. The van der Waals surface area contributed by atoms with Crippen LogP contribution >= 0.6 is 0 Å². The first-order valence-electron chi connectivity index (χ1n) is 7.89. The lowest BCUT2D eigenvalue weighted by Gasteiger charge is -2.02. The third kappa shape index (κ3) is 7.62. The highest BCUT2D eigenvalue weighted by atomic mass is 16.5. The fourth-order valence-electron chi connectivity index (χ4n) is 2.05. The van der Waals surface area contributed by atoms with Crippen LogP contribution in [0.3, 0.4) is 0 Å². The third-order valence-electron chi connectivity index (χ3n) is 3.27. The number of carbonyl (C=O) groups excluding carboxylic acids is 1. The van der Waals surface area contributed by atoms with Gasteiger partial charge in [-0.3, -0.25) is 4.79 Å². The van der Waals surface area contributed by atoms with E-state index in [-0.39, 0.29) is 5.91 Å². The molecule has 120 valence electrons. The molecule has 1 aromatic carbocycles. The van der Waals surface area contributed by atoms with Gasteiger partial charge in [0.15, 0.2) is 0 Å². The summed E-state index contributed by atoms with van der Waals surface area (Å²) in [5.74, 6) is 0.779. The van der Waals surface area contributed by atoms with Crippen LogP contribution in [0.15, 0.2) is 35.4 Å². The summed E-state index contributed by atoms with van der Waals surface area (Å²) in [6.07, 6.45) is 11.5.